The molecule has 1 aromatic rings. The fourth-order valence-electron chi connectivity index (χ4n) is 2.57. The van der Waals surface area contributed by atoms with Crippen molar-refractivity contribution < 1.29 is 31.9 Å². The number of sulfonamides is 1. The Labute approximate surface area is 149 Å². The third-order valence-electron chi connectivity index (χ3n) is 3.81. The van der Waals surface area contributed by atoms with E-state index in [4.69, 9.17) is 10.5 Å². The van der Waals surface area contributed by atoms with E-state index in [-0.39, 0.29) is 13.0 Å². The number of carbonyl (C=O) groups excluding carboxylic acids is 3. The normalized spacial score (nSPS) is 18.9. The summed E-state index contributed by atoms with van der Waals surface area (Å²) in [6.45, 7) is 1.22. The summed E-state index contributed by atoms with van der Waals surface area (Å²) in [7, 11) is -4.26. The Morgan fingerprint density at radius 3 is 2.62 bits per heavy atom. The van der Waals surface area contributed by atoms with Crippen LogP contribution in [-0.4, -0.2) is 49.3 Å². The zero-order chi connectivity index (χ0) is 19.5. The van der Waals surface area contributed by atoms with Crippen LogP contribution in [0.1, 0.15) is 19.8 Å². The summed E-state index contributed by atoms with van der Waals surface area (Å²) in [6.07, 6.45) is -0.819. The first-order valence-electron chi connectivity index (χ1n) is 7.71. The number of carbonyl (C=O) groups is 3. The van der Waals surface area contributed by atoms with Gasteiger partial charge in [-0.25, -0.2) is 17.6 Å². The number of ether oxygens (including phenoxy) is 1. The predicted molar refractivity (Wildman–Crippen MR) is 86.6 cm³/mol. The number of urea groups is 1. The molecule has 0 radical (unpaired) electrons. The minimum absolute atomic E-state index is 0.0122. The van der Waals surface area contributed by atoms with E-state index in [2.05, 4.69) is 0 Å². The van der Waals surface area contributed by atoms with Crippen LogP contribution >= 0.6 is 0 Å². The van der Waals surface area contributed by atoms with Crippen molar-refractivity contribution in [3.8, 4) is 0 Å². The van der Waals surface area contributed by atoms with Gasteiger partial charge in [-0.1, -0.05) is 12.1 Å². The average molecular weight is 387 g/mol. The predicted octanol–water partition coefficient (Wildman–Crippen LogP) is 0.105. The highest BCUT2D eigenvalue weighted by Crippen LogP contribution is 2.28. The van der Waals surface area contributed by atoms with Crippen molar-refractivity contribution in [1.29, 1.82) is 0 Å². The lowest BCUT2D eigenvalue weighted by molar-refractivity contribution is -0.157. The van der Waals surface area contributed by atoms with Crippen molar-refractivity contribution in [2.45, 2.75) is 36.8 Å². The number of nitrogens with two attached hydrogens (primary N) is 1. The quantitative estimate of drug-likeness (QED) is 0.688. The number of esters is 1. The zero-order valence-corrected chi connectivity index (χ0v) is 14.7. The molecule has 26 heavy (non-hydrogen) atoms. The number of primary amides is 1. The first kappa shape index (κ1) is 19.8. The number of amides is 3. The molecule has 1 fully saturated rings. The van der Waals surface area contributed by atoms with Gasteiger partial charge in [0.15, 0.2) is 6.10 Å². The minimum atomic E-state index is -4.26. The van der Waals surface area contributed by atoms with Crippen LogP contribution in [0.3, 0.4) is 0 Å². The van der Waals surface area contributed by atoms with Crippen LogP contribution in [0.5, 0.6) is 0 Å². The Balaban J connectivity index is 2.17. The molecule has 9 nitrogen and oxygen atoms in total. The second-order valence-corrected chi connectivity index (χ2v) is 7.50. The molecule has 2 rings (SSSR count). The van der Waals surface area contributed by atoms with Crippen molar-refractivity contribution in [2.75, 3.05) is 6.54 Å². The van der Waals surface area contributed by atoms with E-state index in [1.165, 1.54) is 19.1 Å². The maximum atomic E-state index is 13.9. The highest BCUT2D eigenvalue weighted by Gasteiger charge is 2.42. The third-order valence-corrected chi connectivity index (χ3v) is 5.75. The number of hydrogen-bond acceptors (Lipinski definition) is 6. The van der Waals surface area contributed by atoms with Crippen LogP contribution in [0.2, 0.25) is 0 Å². The Kier molecular flexibility index (Phi) is 5.93. The van der Waals surface area contributed by atoms with Gasteiger partial charge in [-0.2, -0.15) is 4.31 Å². The van der Waals surface area contributed by atoms with Gasteiger partial charge in [-0.15, -0.1) is 0 Å². The highest BCUT2D eigenvalue weighted by atomic mass is 32.2. The maximum absolute atomic E-state index is 13.9. The molecule has 1 heterocycles. The fraction of sp³-hybridized carbons (Fsp3) is 0.400. The monoisotopic (exact) mass is 387 g/mol. The Morgan fingerprint density at radius 1 is 1.35 bits per heavy atom. The largest absolute Gasteiger partial charge is 0.451 e. The van der Waals surface area contributed by atoms with Gasteiger partial charge in [0.05, 0.1) is 0 Å². The van der Waals surface area contributed by atoms with Gasteiger partial charge < -0.3 is 10.5 Å². The van der Waals surface area contributed by atoms with Crippen molar-refractivity contribution in [3.63, 3.8) is 0 Å². The van der Waals surface area contributed by atoms with Crippen LogP contribution in [0, 0.1) is 5.82 Å². The number of nitrogens with one attached hydrogen (secondary N) is 1. The molecule has 1 aliphatic heterocycles. The van der Waals surface area contributed by atoms with Crippen LogP contribution in [-0.2, 0) is 24.3 Å². The number of halogens is 1. The van der Waals surface area contributed by atoms with E-state index in [1.54, 1.807) is 5.32 Å². The molecule has 11 heteroatoms. The summed E-state index contributed by atoms with van der Waals surface area (Å²) < 4.78 is 45.0. The van der Waals surface area contributed by atoms with E-state index in [9.17, 15) is 27.2 Å². The molecule has 1 saturated heterocycles. The molecule has 1 aliphatic rings. The van der Waals surface area contributed by atoms with E-state index in [0.717, 1.165) is 16.4 Å². The molecule has 0 aliphatic carbocycles. The lowest BCUT2D eigenvalue weighted by Gasteiger charge is -2.24. The topological polar surface area (TPSA) is 136 Å². The molecule has 0 spiro atoms. The van der Waals surface area contributed by atoms with Gasteiger partial charge in [0, 0.05) is 6.54 Å². The Morgan fingerprint density at radius 2 is 2.00 bits per heavy atom. The van der Waals surface area contributed by atoms with Crippen LogP contribution in [0.4, 0.5) is 9.18 Å². The van der Waals surface area contributed by atoms with Crippen molar-refractivity contribution >= 4 is 27.9 Å². The third kappa shape index (κ3) is 4.17. The number of imide groups is 1. The van der Waals surface area contributed by atoms with E-state index in [1.807, 2.05) is 0 Å². The van der Waals surface area contributed by atoms with Crippen molar-refractivity contribution in [1.82, 2.24) is 9.62 Å². The molecule has 1 aromatic carbocycles. The number of rotatable bonds is 5. The van der Waals surface area contributed by atoms with Gasteiger partial charge in [0.1, 0.15) is 16.8 Å². The Bertz CT molecular complexity index is 828. The summed E-state index contributed by atoms with van der Waals surface area (Å²) in [6, 6.07) is 2.53. The molecule has 3 N–H and O–H groups in total. The summed E-state index contributed by atoms with van der Waals surface area (Å²) >= 11 is 0. The van der Waals surface area contributed by atoms with E-state index in [0.29, 0.717) is 6.42 Å². The SMILES string of the molecule is C[C@@H](OC(=O)[C@@H]1CCCN1S(=O)(=O)c1ccccc1F)C(=O)NC(N)=O. The molecule has 3 amide bonds. The van der Waals surface area contributed by atoms with Gasteiger partial charge in [-0.3, -0.25) is 14.9 Å². The first-order valence-corrected chi connectivity index (χ1v) is 9.15. The van der Waals surface area contributed by atoms with Crippen LogP contribution < -0.4 is 11.1 Å². The van der Waals surface area contributed by atoms with E-state index >= 15 is 0 Å². The fourth-order valence-corrected chi connectivity index (χ4v) is 4.29. The lowest BCUT2D eigenvalue weighted by Crippen LogP contribution is -2.46. The lowest BCUT2D eigenvalue weighted by atomic mass is 10.2. The van der Waals surface area contributed by atoms with Crippen LogP contribution in [0.25, 0.3) is 0 Å². The molecular weight excluding hydrogens is 369 g/mol. The van der Waals surface area contributed by atoms with Gasteiger partial charge in [0.25, 0.3) is 5.91 Å². The van der Waals surface area contributed by atoms with Crippen molar-refractivity contribution in [3.05, 3.63) is 30.1 Å². The highest BCUT2D eigenvalue weighted by molar-refractivity contribution is 7.89. The molecule has 0 saturated carbocycles. The summed E-state index contributed by atoms with van der Waals surface area (Å²) in [5, 5.41) is 1.75. The minimum Gasteiger partial charge on any atom is -0.451 e. The molecule has 2 atom stereocenters. The molecule has 0 unspecified atom stereocenters. The molecule has 0 bridgehead atoms. The van der Waals surface area contributed by atoms with Gasteiger partial charge >= 0.3 is 12.0 Å². The number of nitrogens with zero attached hydrogens (tertiary/aromatic N) is 1. The maximum Gasteiger partial charge on any atom is 0.325 e. The Hall–Kier alpha value is -2.53. The zero-order valence-electron chi connectivity index (χ0n) is 13.8. The standard InChI is InChI=1S/C15H18FN3O6S/c1-9(13(20)18-15(17)22)25-14(21)11-6-4-8-19(11)26(23,24)12-7-3-2-5-10(12)16/h2-3,5,7,9,11H,4,6,8H2,1H3,(H3,17,18,20,22)/t9-,11+/m1/s1. The second-order valence-electron chi connectivity index (χ2n) is 5.64. The molecule has 0 aromatic heterocycles. The smallest absolute Gasteiger partial charge is 0.325 e. The second kappa shape index (κ2) is 7.79. The number of hydrogen-bond donors (Lipinski definition) is 2. The average Bonchev–Trinajstić information content (AvgIpc) is 3.05. The van der Waals surface area contributed by atoms with E-state index < -0.39 is 50.8 Å². The summed E-state index contributed by atoms with van der Waals surface area (Å²) in [5.41, 5.74) is 4.81. The summed E-state index contributed by atoms with van der Waals surface area (Å²) in [4.78, 5) is 34.0. The first-order chi connectivity index (χ1) is 12.1. The molecule has 142 valence electrons. The van der Waals surface area contributed by atoms with Crippen LogP contribution in [0.15, 0.2) is 29.2 Å². The van der Waals surface area contributed by atoms with Crippen molar-refractivity contribution in [2.24, 2.45) is 5.73 Å². The summed E-state index contributed by atoms with van der Waals surface area (Å²) in [5.74, 6) is -2.83. The molecular formula is C15H18FN3O6S. The van der Waals surface area contributed by atoms with Gasteiger partial charge in [0.2, 0.25) is 10.0 Å². The van der Waals surface area contributed by atoms with Gasteiger partial charge in [-0.05, 0) is 31.9 Å². The number of benzene rings is 1.